The summed E-state index contributed by atoms with van der Waals surface area (Å²) in [6.07, 6.45) is 2.95. The van der Waals surface area contributed by atoms with Gasteiger partial charge < -0.3 is 24.4 Å². The Labute approximate surface area is 259 Å². The first-order valence-corrected chi connectivity index (χ1v) is 16.1. The molecular formula is C34H48F3N5O2. The molecule has 1 aliphatic heterocycles. The Kier molecular flexibility index (Phi) is 11.9. The van der Waals surface area contributed by atoms with Crippen molar-refractivity contribution in [2.75, 3.05) is 38.0 Å². The van der Waals surface area contributed by atoms with Gasteiger partial charge in [0.2, 0.25) is 5.95 Å². The quantitative estimate of drug-likeness (QED) is 0.174. The molecule has 2 aromatic carbocycles. The molecule has 0 spiro atoms. The second kappa shape index (κ2) is 15.6. The molecule has 1 saturated heterocycles. The third kappa shape index (κ3) is 10.1. The number of nitrogens with zero attached hydrogens (tertiary/aromatic N) is 4. The van der Waals surface area contributed by atoms with Crippen LogP contribution in [-0.2, 0) is 6.54 Å². The smallest absolute Gasteiger partial charge is 0.406 e. The first-order chi connectivity index (χ1) is 21.0. The number of ether oxygens (including phenoxy) is 1. The molecule has 44 heavy (non-hydrogen) atoms. The molecule has 0 radical (unpaired) electrons. The zero-order valence-corrected chi connectivity index (χ0v) is 26.6. The maximum Gasteiger partial charge on any atom is 0.573 e. The number of benzene rings is 2. The summed E-state index contributed by atoms with van der Waals surface area (Å²) < 4.78 is 44.0. The van der Waals surface area contributed by atoms with E-state index >= 15 is 0 Å². The fraction of sp³-hybridized carbons (Fsp3) is 0.588. The number of rotatable bonds is 15. The molecular weight excluding hydrogens is 567 g/mol. The maximum atomic E-state index is 13.8. The van der Waals surface area contributed by atoms with E-state index in [9.17, 15) is 18.0 Å². The number of halogens is 3. The van der Waals surface area contributed by atoms with Crippen LogP contribution in [0, 0.1) is 11.8 Å². The number of alkyl halides is 3. The molecule has 10 heteroatoms. The molecule has 1 amide bonds. The van der Waals surface area contributed by atoms with Crippen molar-refractivity contribution in [3.8, 4) is 5.75 Å². The van der Waals surface area contributed by atoms with E-state index in [1.165, 1.54) is 43.5 Å². The number of imidazole rings is 1. The lowest BCUT2D eigenvalue weighted by Gasteiger charge is -2.26. The van der Waals surface area contributed by atoms with Gasteiger partial charge in [-0.3, -0.25) is 4.79 Å². The molecule has 1 fully saturated rings. The van der Waals surface area contributed by atoms with Crippen molar-refractivity contribution in [2.24, 2.45) is 11.8 Å². The standard InChI is InChI=1S/C34H48F3N5O2/c1-25(2)16-22-41(23-17-26(3)4)32(43)27-10-15-30-31(24-27)42(21-9-8-20-40-18-6-5-7-19-40)33(39-30)38-28-11-13-29(14-12-28)44-34(35,36)37/h10-15,24-26H,5-9,16-23H2,1-4H3,(H,38,39). The van der Waals surface area contributed by atoms with Gasteiger partial charge in [0.1, 0.15) is 5.75 Å². The van der Waals surface area contributed by atoms with E-state index in [2.05, 4.69) is 47.2 Å². The first-order valence-electron chi connectivity index (χ1n) is 16.1. The number of carbonyl (C=O) groups excluding carboxylic acids is 1. The number of nitrogens with one attached hydrogen (secondary N) is 1. The zero-order valence-electron chi connectivity index (χ0n) is 26.6. The van der Waals surface area contributed by atoms with Crippen LogP contribution in [0.15, 0.2) is 42.5 Å². The highest BCUT2D eigenvalue weighted by atomic mass is 19.4. The van der Waals surface area contributed by atoms with Gasteiger partial charge in [0.25, 0.3) is 5.91 Å². The van der Waals surface area contributed by atoms with Gasteiger partial charge in [0.15, 0.2) is 0 Å². The summed E-state index contributed by atoms with van der Waals surface area (Å²) in [7, 11) is 0. The van der Waals surface area contributed by atoms with Crippen molar-refractivity contribution in [3.05, 3.63) is 48.0 Å². The summed E-state index contributed by atoms with van der Waals surface area (Å²) in [6.45, 7) is 14.2. The van der Waals surface area contributed by atoms with E-state index < -0.39 is 6.36 Å². The van der Waals surface area contributed by atoms with Gasteiger partial charge in [-0.2, -0.15) is 0 Å². The summed E-state index contributed by atoms with van der Waals surface area (Å²) in [5.74, 6) is 1.34. The second-order valence-electron chi connectivity index (χ2n) is 12.8. The van der Waals surface area contributed by atoms with Crippen molar-refractivity contribution < 1.29 is 22.7 Å². The Hall–Kier alpha value is -3.27. The molecule has 0 bridgehead atoms. The number of hydrogen-bond acceptors (Lipinski definition) is 5. The van der Waals surface area contributed by atoms with Crippen molar-refractivity contribution in [1.29, 1.82) is 0 Å². The van der Waals surface area contributed by atoms with Crippen molar-refractivity contribution in [3.63, 3.8) is 0 Å². The molecule has 3 aromatic rings. The third-order valence-corrected chi connectivity index (χ3v) is 8.13. The number of aromatic nitrogens is 2. The predicted octanol–water partition coefficient (Wildman–Crippen LogP) is 8.48. The van der Waals surface area contributed by atoms with E-state index in [4.69, 9.17) is 4.98 Å². The van der Waals surface area contributed by atoms with Crippen LogP contribution in [0.1, 0.15) is 83.0 Å². The Balaban J connectivity index is 1.58. The number of likely N-dealkylation sites (tertiary alicyclic amines) is 1. The monoisotopic (exact) mass is 615 g/mol. The minimum Gasteiger partial charge on any atom is -0.406 e. The summed E-state index contributed by atoms with van der Waals surface area (Å²) in [5, 5.41) is 3.29. The van der Waals surface area contributed by atoms with E-state index in [0.717, 1.165) is 69.4 Å². The number of aryl methyl sites for hydroxylation is 1. The third-order valence-electron chi connectivity index (χ3n) is 8.13. The average molecular weight is 616 g/mol. The van der Waals surface area contributed by atoms with Gasteiger partial charge in [-0.15, -0.1) is 13.2 Å². The highest BCUT2D eigenvalue weighted by Crippen LogP contribution is 2.28. The molecule has 242 valence electrons. The van der Waals surface area contributed by atoms with Crippen LogP contribution >= 0.6 is 0 Å². The van der Waals surface area contributed by atoms with E-state index in [-0.39, 0.29) is 11.7 Å². The van der Waals surface area contributed by atoms with E-state index in [1.807, 2.05) is 23.1 Å². The number of hydrogen-bond donors (Lipinski definition) is 1. The zero-order chi connectivity index (χ0) is 31.7. The van der Waals surface area contributed by atoms with Gasteiger partial charge in [-0.25, -0.2) is 4.98 Å². The lowest BCUT2D eigenvalue weighted by atomic mass is 10.1. The SMILES string of the molecule is CC(C)CCN(CCC(C)C)C(=O)c1ccc2nc(Nc3ccc(OC(F)(F)F)cc3)n(CCCCN3CCCCC3)c2c1. The Morgan fingerprint density at radius 2 is 1.57 bits per heavy atom. The minimum absolute atomic E-state index is 0.0285. The van der Waals surface area contributed by atoms with Crippen molar-refractivity contribution in [1.82, 2.24) is 19.4 Å². The second-order valence-corrected chi connectivity index (χ2v) is 12.8. The molecule has 0 unspecified atom stereocenters. The molecule has 1 N–H and O–H groups in total. The van der Waals surface area contributed by atoms with Gasteiger partial charge in [0.05, 0.1) is 11.0 Å². The van der Waals surface area contributed by atoms with Crippen LogP contribution in [-0.4, -0.2) is 64.3 Å². The normalized spacial score (nSPS) is 14.5. The number of anilines is 2. The molecule has 1 aromatic heterocycles. The molecule has 0 atom stereocenters. The molecule has 0 saturated carbocycles. The van der Waals surface area contributed by atoms with Crippen LogP contribution in [0.3, 0.4) is 0 Å². The summed E-state index contributed by atoms with van der Waals surface area (Å²) >= 11 is 0. The van der Waals surface area contributed by atoms with Crippen LogP contribution in [0.2, 0.25) is 0 Å². The summed E-state index contributed by atoms with van der Waals surface area (Å²) in [4.78, 5) is 23.1. The highest BCUT2D eigenvalue weighted by molar-refractivity contribution is 5.98. The number of amides is 1. The average Bonchev–Trinajstić information content (AvgIpc) is 3.31. The van der Waals surface area contributed by atoms with Crippen LogP contribution in [0.5, 0.6) is 5.75 Å². The molecule has 1 aliphatic rings. The van der Waals surface area contributed by atoms with Crippen molar-refractivity contribution >= 4 is 28.6 Å². The number of unbranched alkanes of at least 4 members (excludes halogenated alkanes) is 1. The topological polar surface area (TPSA) is 62.6 Å². The van der Waals surface area contributed by atoms with E-state index in [1.54, 1.807) is 0 Å². The van der Waals surface area contributed by atoms with Gasteiger partial charge in [-0.05, 0) is 112 Å². The first kappa shape index (κ1) is 33.6. The lowest BCUT2D eigenvalue weighted by Crippen LogP contribution is -2.34. The fourth-order valence-corrected chi connectivity index (χ4v) is 5.56. The fourth-order valence-electron chi connectivity index (χ4n) is 5.56. The lowest BCUT2D eigenvalue weighted by molar-refractivity contribution is -0.274. The predicted molar refractivity (Wildman–Crippen MR) is 170 cm³/mol. The number of fused-ring (bicyclic) bond motifs is 1. The Morgan fingerprint density at radius 1 is 0.932 bits per heavy atom. The van der Waals surface area contributed by atoms with E-state index in [0.29, 0.717) is 35.6 Å². The number of piperidine rings is 1. The van der Waals surface area contributed by atoms with Gasteiger partial charge in [0, 0.05) is 30.9 Å². The Bertz CT molecular complexity index is 1320. The van der Waals surface area contributed by atoms with Crippen LogP contribution in [0.25, 0.3) is 11.0 Å². The maximum absolute atomic E-state index is 13.8. The largest absolute Gasteiger partial charge is 0.573 e. The van der Waals surface area contributed by atoms with Crippen molar-refractivity contribution in [2.45, 2.75) is 85.5 Å². The van der Waals surface area contributed by atoms with Gasteiger partial charge in [-0.1, -0.05) is 34.1 Å². The van der Waals surface area contributed by atoms with Crippen LogP contribution < -0.4 is 10.1 Å². The summed E-state index contributed by atoms with van der Waals surface area (Å²) in [5.41, 5.74) is 2.85. The number of carbonyl (C=O) groups is 1. The summed E-state index contributed by atoms with van der Waals surface area (Å²) in [6, 6.07) is 11.3. The van der Waals surface area contributed by atoms with Crippen LogP contribution in [0.4, 0.5) is 24.8 Å². The molecule has 2 heterocycles. The van der Waals surface area contributed by atoms with Gasteiger partial charge >= 0.3 is 6.36 Å². The Morgan fingerprint density at radius 3 is 2.18 bits per heavy atom. The minimum atomic E-state index is -4.74. The molecule has 4 rings (SSSR count). The highest BCUT2D eigenvalue weighted by Gasteiger charge is 2.31. The molecule has 0 aliphatic carbocycles. The molecule has 7 nitrogen and oxygen atoms in total.